The number of H-pyrrole nitrogens is 1. The van der Waals surface area contributed by atoms with Gasteiger partial charge in [0, 0.05) is 18.0 Å². The number of fused-ring (bicyclic) bond motifs is 1. The highest BCUT2D eigenvalue weighted by molar-refractivity contribution is 5.76. The Labute approximate surface area is 89.6 Å². The van der Waals surface area contributed by atoms with Crippen molar-refractivity contribution in [3.63, 3.8) is 0 Å². The number of hydrogen-bond acceptors (Lipinski definition) is 4. The Balaban J connectivity index is 2.34. The van der Waals surface area contributed by atoms with E-state index in [1.54, 1.807) is 18.6 Å². The lowest BCUT2D eigenvalue weighted by Crippen LogP contribution is -2.17. The average molecular weight is 213 g/mol. The van der Waals surface area contributed by atoms with Gasteiger partial charge in [0.25, 0.3) is 0 Å². The van der Waals surface area contributed by atoms with Gasteiger partial charge in [-0.05, 0) is 17.7 Å². The minimum absolute atomic E-state index is 0.301. The number of aromatic amines is 1. The predicted octanol–water partition coefficient (Wildman–Crippen LogP) is 0.480. The quantitative estimate of drug-likeness (QED) is 0.637. The van der Waals surface area contributed by atoms with Crippen molar-refractivity contribution in [1.82, 2.24) is 24.6 Å². The van der Waals surface area contributed by atoms with Gasteiger partial charge in [-0.15, -0.1) is 0 Å². The first-order valence-corrected chi connectivity index (χ1v) is 4.68. The number of rotatable bonds is 1. The summed E-state index contributed by atoms with van der Waals surface area (Å²) in [4.78, 5) is 21.9. The van der Waals surface area contributed by atoms with Crippen LogP contribution in [0.3, 0.4) is 0 Å². The van der Waals surface area contributed by atoms with Crippen LogP contribution in [-0.4, -0.2) is 24.6 Å². The fourth-order valence-electron chi connectivity index (χ4n) is 1.56. The molecule has 3 aromatic rings. The molecule has 0 saturated carbocycles. The monoisotopic (exact) mass is 213 g/mol. The van der Waals surface area contributed by atoms with Gasteiger partial charge in [-0.3, -0.25) is 9.97 Å². The van der Waals surface area contributed by atoms with Crippen LogP contribution in [0.2, 0.25) is 0 Å². The van der Waals surface area contributed by atoms with E-state index < -0.39 is 0 Å². The maximum absolute atomic E-state index is 11.4. The molecule has 0 bridgehead atoms. The molecule has 0 saturated heterocycles. The third-order valence-electron chi connectivity index (χ3n) is 2.30. The summed E-state index contributed by atoms with van der Waals surface area (Å²) in [6.45, 7) is 0. The number of aromatic nitrogens is 5. The lowest BCUT2D eigenvalue weighted by atomic mass is 10.1. The van der Waals surface area contributed by atoms with Gasteiger partial charge in [-0.2, -0.15) is 9.61 Å². The molecule has 0 unspecified atom stereocenters. The van der Waals surface area contributed by atoms with E-state index in [1.807, 2.05) is 12.1 Å². The summed E-state index contributed by atoms with van der Waals surface area (Å²) in [6.07, 6.45) is 6.36. The summed E-state index contributed by atoms with van der Waals surface area (Å²) in [6, 6.07) is 3.69. The van der Waals surface area contributed by atoms with Gasteiger partial charge in [0.2, 0.25) is 0 Å². The minimum Gasteiger partial charge on any atom is -0.296 e. The Morgan fingerprint density at radius 1 is 1.25 bits per heavy atom. The molecule has 0 spiro atoms. The molecule has 0 aliphatic carbocycles. The Morgan fingerprint density at radius 2 is 2.06 bits per heavy atom. The second-order valence-electron chi connectivity index (χ2n) is 3.24. The van der Waals surface area contributed by atoms with Crippen molar-refractivity contribution in [2.24, 2.45) is 0 Å². The van der Waals surface area contributed by atoms with Crippen LogP contribution < -0.4 is 5.69 Å². The minimum atomic E-state index is -0.301. The van der Waals surface area contributed by atoms with E-state index in [0.717, 1.165) is 11.1 Å². The first-order chi connectivity index (χ1) is 7.86. The van der Waals surface area contributed by atoms with Crippen LogP contribution in [0.5, 0.6) is 0 Å². The van der Waals surface area contributed by atoms with Crippen LogP contribution in [0, 0.1) is 0 Å². The molecule has 0 aliphatic rings. The van der Waals surface area contributed by atoms with E-state index >= 15 is 0 Å². The smallest absolute Gasteiger partial charge is 0.296 e. The Kier molecular flexibility index (Phi) is 1.79. The number of hydrogen-bond donors (Lipinski definition) is 1. The summed E-state index contributed by atoms with van der Waals surface area (Å²) < 4.78 is 1.23. The van der Waals surface area contributed by atoms with Crippen molar-refractivity contribution in [3.8, 4) is 11.1 Å². The molecule has 6 heteroatoms. The summed E-state index contributed by atoms with van der Waals surface area (Å²) in [5.74, 6) is 0. The normalized spacial score (nSPS) is 10.8. The third-order valence-corrected chi connectivity index (χ3v) is 2.30. The molecule has 16 heavy (non-hydrogen) atoms. The largest absolute Gasteiger partial charge is 0.349 e. The van der Waals surface area contributed by atoms with Crippen LogP contribution >= 0.6 is 0 Å². The van der Waals surface area contributed by atoms with Crippen molar-refractivity contribution >= 4 is 5.65 Å². The fraction of sp³-hybridized carbons (Fsp3) is 0. The van der Waals surface area contributed by atoms with Gasteiger partial charge < -0.3 is 0 Å². The second-order valence-corrected chi connectivity index (χ2v) is 3.24. The van der Waals surface area contributed by atoms with Crippen molar-refractivity contribution < 1.29 is 0 Å². The molecule has 6 nitrogen and oxygen atoms in total. The molecule has 0 amide bonds. The summed E-state index contributed by atoms with van der Waals surface area (Å²) in [5, 5.41) is 3.98. The molecule has 0 aromatic carbocycles. The molecule has 3 aromatic heterocycles. The summed E-state index contributed by atoms with van der Waals surface area (Å²) in [7, 11) is 0. The van der Waals surface area contributed by atoms with Gasteiger partial charge >= 0.3 is 5.69 Å². The number of nitrogens with one attached hydrogen (secondary N) is 1. The Hall–Kier alpha value is -2.50. The van der Waals surface area contributed by atoms with E-state index in [0.29, 0.717) is 5.65 Å². The lowest BCUT2D eigenvalue weighted by Gasteiger charge is -1.96. The average Bonchev–Trinajstić information content (AvgIpc) is 2.75. The second kappa shape index (κ2) is 3.27. The fourth-order valence-corrected chi connectivity index (χ4v) is 1.56. The zero-order valence-corrected chi connectivity index (χ0v) is 8.16. The zero-order chi connectivity index (χ0) is 11.0. The maximum atomic E-state index is 11.4. The molecule has 0 aliphatic heterocycles. The Morgan fingerprint density at radius 3 is 2.88 bits per heavy atom. The molecule has 3 heterocycles. The zero-order valence-electron chi connectivity index (χ0n) is 8.16. The number of nitrogens with zero attached hydrogens (tertiary/aromatic N) is 4. The highest BCUT2D eigenvalue weighted by Gasteiger charge is 2.08. The van der Waals surface area contributed by atoms with Crippen LogP contribution in [0.25, 0.3) is 16.8 Å². The van der Waals surface area contributed by atoms with Gasteiger partial charge in [-0.1, -0.05) is 0 Å². The summed E-state index contributed by atoms with van der Waals surface area (Å²) >= 11 is 0. The van der Waals surface area contributed by atoms with Crippen molar-refractivity contribution in [2.45, 2.75) is 0 Å². The van der Waals surface area contributed by atoms with Gasteiger partial charge in [-0.25, -0.2) is 9.78 Å². The lowest BCUT2D eigenvalue weighted by molar-refractivity contribution is 0.840. The van der Waals surface area contributed by atoms with Gasteiger partial charge in [0.15, 0.2) is 5.65 Å². The van der Waals surface area contributed by atoms with Crippen molar-refractivity contribution in [2.75, 3.05) is 0 Å². The molecule has 0 atom stereocenters. The van der Waals surface area contributed by atoms with Crippen LogP contribution in [0.15, 0.2) is 41.8 Å². The van der Waals surface area contributed by atoms with E-state index in [4.69, 9.17) is 0 Å². The first kappa shape index (κ1) is 8.78. The SMILES string of the molecule is O=c1[nH]cnc2c(-c3ccncc3)cnn12. The maximum Gasteiger partial charge on any atom is 0.349 e. The summed E-state index contributed by atoms with van der Waals surface area (Å²) in [5.41, 5.74) is 1.98. The van der Waals surface area contributed by atoms with E-state index in [1.165, 1.54) is 10.8 Å². The Bertz CT molecular complexity index is 685. The molecular weight excluding hydrogens is 206 g/mol. The first-order valence-electron chi connectivity index (χ1n) is 4.68. The topological polar surface area (TPSA) is 75.9 Å². The highest BCUT2D eigenvalue weighted by Crippen LogP contribution is 2.20. The number of pyridine rings is 1. The standard InChI is InChI=1S/C10H7N5O/c16-10-13-6-12-9-8(5-14-15(9)10)7-1-3-11-4-2-7/h1-6H,(H,12,13,16). The van der Waals surface area contributed by atoms with Crippen LogP contribution in [-0.2, 0) is 0 Å². The van der Waals surface area contributed by atoms with E-state index in [2.05, 4.69) is 20.1 Å². The van der Waals surface area contributed by atoms with Gasteiger partial charge in [0.1, 0.15) is 0 Å². The molecule has 0 radical (unpaired) electrons. The van der Waals surface area contributed by atoms with Crippen LogP contribution in [0.4, 0.5) is 0 Å². The molecule has 0 fully saturated rings. The van der Waals surface area contributed by atoms with Gasteiger partial charge in [0.05, 0.1) is 12.5 Å². The highest BCUT2D eigenvalue weighted by atomic mass is 16.1. The molecule has 3 rings (SSSR count). The molecule has 1 N–H and O–H groups in total. The predicted molar refractivity (Wildman–Crippen MR) is 56.8 cm³/mol. The van der Waals surface area contributed by atoms with E-state index in [9.17, 15) is 4.79 Å². The van der Waals surface area contributed by atoms with Crippen molar-refractivity contribution in [1.29, 1.82) is 0 Å². The molecule has 78 valence electrons. The third kappa shape index (κ3) is 1.20. The van der Waals surface area contributed by atoms with Crippen molar-refractivity contribution in [3.05, 3.63) is 47.5 Å². The molecular formula is C10H7N5O. The van der Waals surface area contributed by atoms with E-state index in [-0.39, 0.29) is 5.69 Å². The van der Waals surface area contributed by atoms with Crippen LogP contribution in [0.1, 0.15) is 0 Å².